The first kappa shape index (κ1) is 21.2. The van der Waals surface area contributed by atoms with Gasteiger partial charge < -0.3 is 19.3 Å². The predicted molar refractivity (Wildman–Crippen MR) is 115 cm³/mol. The molecule has 2 aromatic carbocycles. The molecular weight excluding hydrogens is 418 g/mol. The van der Waals surface area contributed by atoms with Crippen LogP contribution in [0.15, 0.2) is 47.0 Å². The number of halogens is 1. The van der Waals surface area contributed by atoms with Crippen LogP contribution in [-0.2, 0) is 12.1 Å². The highest BCUT2D eigenvalue weighted by atomic mass is 35.5. The van der Waals surface area contributed by atoms with E-state index >= 15 is 0 Å². The Bertz CT molecular complexity index is 1080. The van der Waals surface area contributed by atoms with Gasteiger partial charge in [0.25, 0.3) is 5.91 Å². The maximum atomic E-state index is 13.1. The van der Waals surface area contributed by atoms with Gasteiger partial charge in [-0.15, -0.1) is 0 Å². The molecule has 31 heavy (non-hydrogen) atoms. The van der Waals surface area contributed by atoms with Gasteiger partial charge in [-0.2, -0.15) is 4.98 Å². The summed E-state index contributed by atoms with van der Waals surface area (Å²) >= 11 is 6.20. The first-order valence-electron chi connectivity index (χ1n) is 10.2. The predicted octanol–water partition coefficient (Wildman–Crippen LogP) is 4.82. The van der Waals surface area contributed by atoms with Crippen molar-refractivity contribution >= 4 is 17.5 Å². The zero-order chi connectivity index (χ0) is 21.8. The lowest BCUT2D eigenvalue weighted by Gasteiger charge is -2.27. The Balaban J connectivity index is 1.51. The molecule has 0 spiro atoms. The van der Waals surface area contributed by atoms with E-state index in [0.29, 0.717) is 40.4 Å². The minimum atomic E-state index is -0.610. The Kier molecular flexibility index (Phi) is 6.13. The standard InChI is InChI=1S/C23H24ClN3O4/c1-15-25-22(27-31-15)23(11-5-6-12-23)26-21(28)16-9-10-19(20(13-16)29-2)30-14-17-7-3-4-8-18(17)24/h3-4,7-10,13H,5-6,11-12,14H2,1-2H3,(H,26,28). The third kappa shape index (κ3) is 4.51. The topological polar surface area (TPSA) is 86.5 Å². The van der Waals surface area contributed by atoms with Crippen molar-refractivity contribution in [3.05, 3.63) is 70.3 Å². The summed E-state index contributed by atoms with van der Waals surface area (Å²) in [5.74, 6) is 1.79. The Morgan fingerprint density at radius 3 is 2.65 bits per heavy atom. The second-order valence-corrected chi connectivity index (χ2v) is 8.03. The maximum absolute atomic E-state index is 13.1. The maximum Gasteiger partial charge on any atom is 0.252 e. The molecule has 3 aromatic rings. The highest BCUT2D eigenvalue weighted by Gasteiger charge is 2.41. The molecule has 1 aromatic heterocycles. The van der Waals surface area contributed by atoms with E-state index < -0.39 is 5.54 Å². The average molecular weight is 442 g/mol. The van der Waals surface area contributed by atoms with Crippen LogP contribution in [0.1, 0.15) is 53.3 Å². The Morgan fingerprint density at radius 2 is 1.97 bits per heavy atom. The average Bonchev–Trinajstić information content (AvgIpc) is 3.43. The van der Waals surface area contributed by atoms with Crippen LogP contribution in [0.5, 0.6) is 11.5 Å². The minimum Gasteiger partial charge on any atom is -0.493 e. The normalized spacial score (nSPS) is 14.9. The molecule has 7 nitrogen and oxygen atoms in total. The molecule has 1 amide bonds. The number of carbonyl (C=O) groups is 1. The number of nitrogens with zero attached hydrogens (tertiary/aromatic N) is 2. The molecule has 1 aliphatic carbocycles. The Morgan fingerprint density at radius 1 is 1.19 bits per heavy atom. The van der Waals surface area contributed by atoms with Crippen molar-refractivity contribution in [2.75, 3.05) is 7.11 Å². The van der Waals surface area contributed by atoms with Crippen LogP contribution in [0.4, 0.5) is 0 Å². The molecule has 1 N–H and O–H groups in total. The summed E-state index contributed by atoms with van der Waals surface area (Å²) in [7, 11) is 1.54. The lowest BCUT2D eigenvalue weighted by atomic mass is 9.96. The van der Waals surface area contributed by atoms with E-state index in [4.69, 9.17) is 25.6 Å². The van der Waals surface area contributed by atoms with Gasteiger partial charge in [0.1, 0.15) is 12.1 Å². The molecule has 1 saturated carbocycles. The van der Waals surface area contributed by atoms with Crippen LogP contribution in [-0.4, -0.2) is 23.2 Å². The summed E-state index contributed by atoms with van der Waals surface area (Å²) in [6, 6.07) is 12.6. The fourth-order valence-corrected chi connectivity index (χ4v) is 4.06. The molecule has 8 heteroatoms. The van der Waals surface area contributed by atoms with Gasteiger partial charge >= 0.3 is 0 Å². The number of ether oxygens (including phenoxy) is 2. The smallest absolute Gasteiger partial charge is 0.252 e. The van der Waals surface area contributed by atoms with Gasteiger partial charge in [-0.1, -0.05) is 47.8 Å². The number of aryl methyl sites for hydroxylation is 1. The number of carbonyl (C=O) groups excluding carboxylic acids is 1. The summed E-state index contributed by atoms with van der Waals surface area (Å²) < 4.78 is 16.5. The number of hydrogen-bond donors (Lipinski definition) is 1. The van der Waals surface area contributed by atoms with Crippen molar-refractivity contribution in [2.24, 2.45) is 0 Å². The lowest BCUT2D eigenvalue weighted by Crippen LogP contribution is -2.44. The summed E-state index contributed by atoms with van der Waals surface area (Å²) in [5, 5.41) is 7.84. The van der Waals surface area contributed by atoms with Gasteiger partial charge in [0.2, 0.25) is 5.89 Å². The van der Waals surface area contributed by atoms with Gasteiger partial charge in [0.05, 0.1) is 7.11 Å². The number of rotatable bonds is 7. The molecule has 0 saturated heterocycles. The highest BCUT2D eigenvalue weighted by molar-refractivity contribution is 6.31. The second-order valence-electron chi connectivity index (χ2n) is 7.63. The summed E-state index contributed by atoms with van der Waals surface area (Å²) in [4.78, 5) is 17.5. The van der Waals surface area contributed by atoms with Crippen LogP contribution in [0.2, 0.25) is 5.02 Å². The monoisotopic (exact) mass is 441 g/mol. The first-order valence-corrected chi connectivity index (χ1v) is 10.6. The van der Waals surface area contributed by atoms with E-state index in [1.54, 1.807) is 32.2 Å². The van der Waals surface area contributed by atoms with Gasteiger partial charge in [-0.05, 0) is 37.1 Å². The molecule has 0 unspecified atom stereocenters. The number of aromatic nitrogens is 2. The molecule has 1 fully saturated rings. The van der Waals surface area contributed by atoms with E-state index in [-0.39, 0.29) is 5.91 Å². The van der Waals surface area contributed by atoms with Crippen LogP contribution in [0.3, 0.4) is 0 Å². The molecule has 162 valence electrons. The van der Waals surface area contributed by atoms with Gasteiger partial charge in [0, 0.05) is 23.1 Å². The molecule has 1 aliphatic rings. The summed E-state index contributed by atoms with van der Waals surface area (Å²) in [5.41, 5.74) is 0.724. The number of amides is 1. The number of benzene rings is 2. The molecule has 0 bridgehead atoms. The van der Waals surface area contributed by atoms with Crippen LogP contribution in [0, 0.1) is 6.92 Å². The molecule has 0 aliphatic heterocycles. The molecule has 0 radical (unpaired) electrons. The molecule has 0 atom stereocenters. The SMILES string of the molecule is COc1cc(C(=O)NC2(c3noc(C)n3)CCCC2)ccc1OCc1ccccc1Cl. The van der Waals surface area contributed by atoms with E-state index in [2.05, 4.69) is 15.5 Å². The highest BCUT2D eigenvalue weighted by Crippen LogP contribution is 2.38. The largest absolute Gasteiger partial charge is 0.493 e. The third-order valence-corrected chi connectivity index (χ3v) is 5.90. The quantitative estimate of drug-likeness (QED) is 0.565. The van der Waals surface area contributed by atoms with Crippen molar-refractivity contribution in [3.8, 4) is 11.5 Å². The van der Waals surface area contributed by atoms with Crippen molar-refractivity contribution < 1.29 is 18.8 Å². The number of methoxy groups -OCH3 is 1. The summed E-state index contributed by atoms with van der Waals surface area (Å²) in [6.07, 6.45) is 3.53. The third-order valence-electron chi connectivity index (χ3n) is 5.53. The first-order chi connectivity index (χ1) is 15.0. The lowest BCUT2D eigenvalue weighted by molar-refractivity contribution is 0.0891. The zero-order valence-corrected chi connectivity index (χ0v) is 18.2. The Hall–Kier alpha value is -3.06. The zero-order valence-electron chi connectivity index (χ0n) is 17.5. The van der Waals surface area contributed by atoms with Crippen molar-refractivity contribution in [1.82, 2.24) is 15.5 Å². The molecular formula is C23H24ClN3O4. The second kappa shape index (κ2) is 8.98. The van der Waals surface area contributed by atoms with E-state index in [9.17, 15) is 4.79 Å². The number of nitrogens with one attached hydrogen (secondary N) is 1. The summed E-state index contributed by atoms with van der Waals surface area (Å²) in [6.45, 7) is 2.04. The van der Waals surface area contributed by atoms with E-state index in [1.165, 1.54) is 0 Å². The van der Waals surface area contributed by atoms with Gasteiger partial charge in [-0.25, -0.2) is 0 Å². The van der Waals surface area contributed by atoms with Crippen LogP contribution in [0.25, 0.3) is 0 Å². The fourth-order valence-electron chi connectivity index (χ4n) is 3.87. The fraction of sp³-hybridized carbons (Fsp3) is 0.348. The molecule has 1 heterocycles. The van der Waals surface area contributed by atoms with Crippen molar-refractivity contribution in [2.45, 2.75) is 44.8 Å². The van der Waals surface area contributed by atoms with Crippen molar-refractivity contribution in [3.63, 3.8) is 0 Å². The Labute approximate surface area is 185 Å². The van der Waals surface area contributed by atoms with Gasteiger partial charge in [-0.3, -0.25) is 4.79 Å². The van der Waals surface area contributed by atoms with E-state index in [1.807, 2.05) is 24.3 Å². The van der Waals surface area contributed by atoms with E-state index in [0.717, 1.165) is 31.2 Å². The van der Waals surface area contributed by atoms with Gasteiger partial charge in [0.15, 0.2) is 17.3 Å². The number of hydrogen-bond acceptors (Lipinski definition) is 6. The molecule has 4 rings (SSSR count). The van der Waals surface area contributed by atoms with Crippen LogP contribution < -0.4 is 14.8 Å². The minimum absolute atomic E-state index is 0.222. The van der Waals surface area contributed by atoms with Crippen LogP contribution >= 0.6 is 11.6 Å². The van der Waals surface area contributed by atoms with Crippen molar-refractivity contribution in [1.29, 1.82) is 0 Å².